The van der Waals surface area contributed by atoms with Gasteiger partial charge < -0.3 is 0 Å². The monoisotopic (exact) mass is 342 g/mol. The first-order chi connectivity index (χ1) is 8.38. The summed E-state index contributed by atoms with van der Waals surface area (Å²) >= 11 is 0.141. The normalized spacial score (nSPS) is 14.8. The number of hydrogen-bond donors (Lipinski definition) is 1. The molecule has 17 heavy (non-hydrogen) atoms. The second-order valence-corrected chi connectivity index (χ2v) is 5.68. The summed E-state index contributed by atoms with van der Waals surface area (Å²) in [6, 6.07) is 8.29. The van der Waals surface area contributed by atoms with Crippen molar-refractivity contribution >= 4 is 0 Å². The zero-order chi connectivity index (χ0) is 11.9. The van der Waals surface area contributed by atoms with Crippen LogP contribution < -0.4 is 29.7 Å². The van der Waals surface area contributed by atoms with Crippen molar-refractivity contribution in [3.63, 3.8) is 0 Å². The van der Waals surface area contributed by atoms with E-state index in [1.54, 1.807) is 0 Å². The van der Waals surface area contributed by atoms with Crippen molar-refractivity contribution in [2.24, 2.45) is 0 Å². The molecule has 2 rings (SSSR count). The average molecular weight is 342 g/mol. The number of alkyl halides is 1. The number of allylic oxidation sites excluding steroid dienone is 3. The third-order valence-corrected chi connectivity index (χ3v) is 3.64. The molecular formula is C14H17INO-. The van der Waals surface area contributed by atoms with Crippen LogP contribution in [0.1, 0.15) is 18.4 Å². The summed E-state index contributed by atoms with van der Waals surface area (Å²) in [5, 5.41) is 0. The van der Waals surface area contributed by atoms with Crippen molar-refractivity contribution in [2.45, 2.75) is 19.4 Å². The maximum absolute atomic E-state index is 5.83. The number of hydrogen-bond acceptors (Lipinski definition) is 2. The fraction of sp³-hybridized carbons (Fsp3) is 0.286. The van der Waals surface area contributed by atoms with Gasteiger partial charge in [0.05, 0.1) is 0 Å². The molecule has 0 bridgehead atoms. The molecule has 0 spiro atoms. The predicted molar refractivity (Wildman–Crippen MR) is 66.3 cm³/mol. The van der Waals surface area contributed by atoms with Gasteiger partial charge in [-0.2, -0.15) is 0 Å². The molecule has 0 saturated carbocycles. The van der Waals surface area contributed by atoms with Crippen molar-refractivity contribution in [1.82, 2.24) is 3.53 Å². The van der Waals surface area contributed by atoms with Crippen LogP contribution in [0.5, 0.6) is 5.75 Å². The summed E-state index contributed by atoms with van der Waals surface area (Å²) in [5.41, 5.74) is 1.28. The number of rotatable bonds is 5. The molecule has 0 atom stereocenters. The van der Waals surface area contributed by atoms with E-state index in [4.69, 9.17) is 4.74 Å². The molecule has 0 fully saturated rings. The zero-order valence-electron chi connectivity index (χ0n) is 9.95. The first-order valence-corrected chi connectivity index (χ1v) is 8.97. The molecule has 0 saturated heterocycles. The molecule has 3 heteroatoms. The quantitative estimate of drug-likeness (QED) is 0.463. The van der Waals surface area contributed by atoms with E-state index in [9.17, 15) is 0 Å². The van der Waals surface area contributed by atoms with E-state index < -0.39 is 0 Å². The molecule has 1 aromatic rings. The van der Waals surface area contributed by atoms with Gasteiger partial charge in [-0.1, -0.05) is 0 Å². The van der Waals surface area contributed by atoms with E-state index in [2.05, 4.69) is 32.7 Å². The molecule has 1 aliphatic rings. The van der Waals surface area contributed by atoms with Crippen LogP contribution in [0.3, 0.4) is 0 Å². The summed E-state index contributed by atoms with van der Waals surface area (Å²) in [6.45, 7) is 0.940. The third-order valence-electron chi connectivity index (χ3n) is 2.50. The summed E-state index contributed by atoms with van der Waals surface area (Å²) in [7, 11) is 0. The molecule has 92 valence electrons. The minimum absolute atomic E-state index is 0.141. The van der Waals surface area contributed by atoms with Gasteiger partial charge in [0.2, 0.25) is 0 Å². The summed E-state index contributed by atoms with van der Waals surface area (Å²) in [6.07, 6.45) is 8.54. The predicted octanol–water partition coefficient (Wildman–Crippen LogP) is 0.0227. The fourth-order valence-electron chi connectivity index (χ4n) is 1.66. The third kappa shape index (κ3) is 4.16. The van der Waals surface area contributed by atoms with Gasteiger partial charge in [0.15, 0.2) is 0 Å². The summed E-state index contributed by atoms with van der Waals surface area (Å²) < 4.78 is 9.25. The second kappa shape index (κ2) is 6.81. The van der Waals surface area contributed by atoms with Gasteiger partial charge in [0, 0.05) is 0 Å². The summed E-state index contributed by atoms with van der Waals surface area (Å²) in [4.78, 5) is 2.22. The summed E-state index contributed by atoms with van der Waals surface area (Å²) in [5.74, 6) is 1.89. The van der Waals surface area contributed by atoms with Crippen molar-refractivity contribution < 1.29 is 26.2 Å². The Morgan fingerprint density at radius 1 is 1.35 bits per heavy atom. The van der Waals surface area contributed by atoms with Crippen molar-refractivity contribution in [1.29, 1.82) is 0 Å². The second-order valence-electron chi connectivity index (χ2n) is 3.84. The van der Waals surface area contributed by atoms with E-state index in [0.717, 1.165) is 30.9 Å². The van der Waals surface area contributed by atoms with Crippen LogP contribution in [0.2, 0.25) is 0 Å². The molecule has 1 N–H and O–H groups in total. The Hall–Kier alpha value is -0.810. The van der Waals surface area contributed by atoms with Crippen LogP contribution >= 0.6 is 0 Å². The average Bonchev–Trinajstić information content (AvgIpc) is 2.38. The molecule has 0 radical (unpaired) electrons. The first kappa shape index (κ1) is 12.6. The number of halogens is 1. The van der Waals surface area contributed by atoms with Crippen molar-refractivity contribution in [3.8, 4) is 5.75 Å². The molecule has 0 unspecified atom stereocenters. The first-order valence-electron chi connectivity index (χ1n) is 5.73. The molecular weight excluding hydrogens is 325 g/mol. The zero-order valence-corrected chi connectivity index (χ0v) is 12.1. The van der Waals surface area contributed by atoms with Gasteiger partial charge >= 0.3 is 114 Å². The molecule has 0 amide bonds. The van der Waals surface area contributed by atoms with Gasteiger partial charge in [-0.05, 0) is 0 Å². The number of benzene rings is 1. The Morgan fingerprint density at radius 3 is 3.06 bits per heavy atom. The Labute approximate surface area is 113 Å². The van der Waals surface area contributed by atoms with E-state index in [-0.39, 0.29) is 21.5 Å². The SMILES string of the molecule is C[I-]NCc1cccc(OC2=CCCC=C2)c1. The van der Waals surface area contributed by atoms with Crippen LogP contribution in [0.4, 0.5) is 0 Å². The van der Waals surface area contributed by atoms with Crippen molar-refractivity contribution in [2.75, 3.05) is 4.93 Å². The van der Waals surface area contributed by atoms with Gasteiger partial charge in [-0.3, -0.25) is 0 Å². The van der Waals surface area contributed by atoms with Crippen LogP contribution in [0.15, 0.2) is 48.3 Å². The van der Waals surface area contributed by atoms with Gasteiger partial charge in [-0.25, -0.2) is 0 Å². The molecule has 0 aromatic heterocycles. The standard InChI is InChI=1S/C14H17INO/c1-15-16-11-12-6-5-9-14(10-12)17-13-7-3-2-4-8-13/h3,5-10,16H,2,4,11H2,1H3/q-1. The molecule has 0 heterocycles. The van der Waals surface area contributed by atoms with Crippen LogP contribution in [0.25, 0.3) is 0 Å². The van der Waals surface area contributed by atoms with Crippen LogP contribution in [-0.2, 0) is 6.54 Å². The molecule has 0 aliphatic heterocycles. The van der Waals surface area contributed by atoms with E-state index in [1.165, 1.54) is 5.56 Å². The number of nitrogens with one attached hydrogen (secondary N) is 1. The Kier molecular flexibility index (Phi) is 5.07. The van der Waals surface area contributed by atoms with E-state index in [0.29, 0.717) is 0 Å². The van der Waals surface area contributed by atoms with E-state index in [1.807, 2.05) is 18.2 Å². The Morgan fingerprint density at radius 2 is 2.29 bits per heavy atom. The fourth-order valence-corrected chi connectivity index (χ4v) is 2.49. The van der Waals surface area contributed by atoms with E-state index >= 15 is 0 Å². The molecule has 1 aromatic carbocycles. The van der Waals surface area contributed by atoms with Crippen LogP contribution in [-0.4, -0.2) is 4.93 Å². The molecule has 1 aliphatic carbocycles. The van der Waals surface area contributed by atoms with Crippen LogP contribution in [0, 0.1) is 0 Å². The van der Waals surface area contributed by atoms with Gasteiger partial charge in [0.25, 0.3) is 0 Å². The Bertz CT molecular complexity index is 426. The van der Waals surface area contributed by atoms with Gasteiger partial charge in [-0.15, -0.1) is 0 Å². The molecule has 2 nitrogen and oxygen atoms in total. The topological polar surface area (TPSA) is 21.3 Å². The number of ether oxygens (including phenoxy) is 1. The minimum atomic E-state index is 0.141. The van der Waals surface area contributed by atoms with Gasteiger partial charge in [0.1, 0.15) is 0 Å². The van der Waals surface area contributed by atoms with Crippen molar-refractivity contribution in [3.05, 3.63) is 53.8 Å². The maximum atomic E-state index is 5.83. The Balaban J connectivity index is 2.00.